The van der Waals surface area contributed by atoms with Crippen molar-refractivity contribution in [1.29, 1.82) is 0 Å². The van der Waals surface area contributed by atoms with Crippen molar-refractivity contribution in [3.8, 4) is 0 Å². The maximum atomic E-state index is 13.8. The molecule has 1 aliphatic heterocycles. The van der Waals surface area contributed by atoms with E-state index in [1.807, 2.05) is 13.8 Å². The second-order valence-corrected chi connectivity index (χ2v) is 7.72. The number of hydrogen-bond donors (Lipinski definition) is 1. The first-order valence-electron chi connectivity index (χ1n) is 8.99. The van der Waals surface area contributed by atoms with E-state index in [1.165, 1.54) is 12.1 Å². The number of amides is 1. The van der Waals surface area contributed by atoms with Crippen molar-refractivity contribution in [3.63, 3.8) is 0 Å². The molecule has 1 saturated heterocycles. The summed E-state index contributed by atoms with van der Waals surface area (Å²) in [4.78, 5) is 13.8. The van der Waals surface area contributed by atoms with Gasteiger partial charge in [-0.1, -0.05) is 0 Å². The minimum absolute atomic E-state index is 0.111. The Hall–Kier alpha value is -1.69. The average molecular weight is 352 g/mol. The van der Waals surface area contributed by atoms with Gasteiger partial charge in [0.15, 0.2) is 0 Å². The Morgan fingerprint density at radius 1 is 1.32 bits per heavy atom. The third kappa shape index (κ3) is 4.48. The highest BCUT2D eigenvalue weighted by molar-refractivity contribution is 5.68. The molecule has 1 aromatic carbocycles. The third-order valence-corrected chi connectivity index (χ3v) is 5.34. The first kappa shape index (κ1) is 18.1. The van der Waals surface area contributed by atoms with Crippen LogP contribution >= 0.6 is 0 Å². The number of rotatable bonds is 4. The van der Waals surface area contributed by atoms with Gasteiger partial charge in [0.1, 0.15) is 11.6 Å². The molecule has 0 atom stereocenters. The van der Waals surface area contributed by atoms with Crippen LogP contribution in [0.3, 0.4) is 0 Å². The van der Waals surface area contributed by atoms with Gasteiger partial charge in [0.2, 0.25) is 0 Å². The summed E-state index contributed by atoms with van der Waals surface area (Å²) in [6.07, 6.45) is 3.56. The molecule has 1 aliphatic carbocycles. The van der Waals surface area contributed by atoms with E-state index in [1.54, 1.807) is 0 Å². The Bertz CT molecular complexity index is 620. The zero-order chi connectivity index (χ0) is 18.0. The molecule has 2 aliphatic rings. The van der Waals surface area contributed by atoms with Gasteiger partial charge in [-0.15, -0.1) is 0 Å². The topological polar surface area (TPSA) is 41.6 Å². The number of likely N-dealkylation sites (tertiary alicyclic amines) is 1. The van der Waals surface area contributed by atoms with Gasteiger partial charge in [-0.3, -0.25) is 4.90 Å². The minimum atomic E-state index is -0.397. The normalized spacial score (nSPS) is 20.5. The van der Waals surface area contributed by atoms with Crippen molar-refractivity contribution < 1.29 is 18.3 Å². The number of nitrogens with zero attached hydrogens (tertiary/aromatic N) is 1. The Balaban J connectivity index is 1.44. The van der Waals surface area contributed by atoms with Crippen LogP contribution in [0.5, 0.6) is 0 Å². The molecule has 0 bridgehead atoms. The Kier molecular flexibility index (Phi) is 5.27. The van der Waals surface area contributed by atoms with Crippen LogP contribution in [0.15, 0.2) is 18.2 Å². The molecule has 0 unspecified atom stereocenters. The molecule has 25 heavy (non-hydrogen) atoms. The Morgan fingerprint density at radius 3 is 2.64 bits per heavy atom. The van der Waals surface area contributed by atoms with Crippen LogP contribution in [-0.2, 0) is 11.3 Å². The van der Waals surface area contributed by atoms with E-state index in [9.17, 15) is 13.6 Å². The smallest absolute Gasteiger partial charge is 0.407 e. The zero-order valence-electron chi connectivity index (χ0n) is 14.9. The lowest BCUT2D eigenvalue weighted by Gasteiger charge is -2.52. The predicted octanol–water partition coefficient (Wildman–Crippen LogP) is 3.84. The van der Waals surface area contributed by atoms with Gasteiger partial charge >= 0.3 is 6.09 Å². The maximum absolute atomic E-state index is 13.8. The average Bonchev–Trinajstić information content (AvgIpc) is 2.50. The summed E-state index contributed by atoms with van der Waals surface area (Å²) in [6, 6.07) is 3.81. The summed E-state index contributed by atoms with van der Waals surface area (Å²) in [7, 11) is 0. The molecule has 1 spiro atoms. The molecule has 0 aromatic heterocycles. The maximum Gasteiger partial charge on any atom is 0.407 e. The summed E-state index contributed by atoms with van der Waals surface area (Å²) in [5, 5.41) is 2.92. The number of piperidine rings is 1. The number of benzene rings is 1. The zero-order valence-corrected chi connectivity index (χ0v) is 14.9. The van der Waals surface area contributed by atoms with Gasteiger partial charge in [0, 0.05) is 18.2 Å². The minimum Gasteiger partial charge on any atom is -0.447 e. The molecule has 1 saturated carbocycles. The van der Waals surface area contributed by atoms with Crippen molar-refractivity contribution in [2.45, 2.75) is 58.2 Å². The van der Waals surface area contributed by atoms with Crippen molar-refractivity contribution >= 4 is 6.09 Å². The summed E-state index contributed by atoms with van der Waals surface area (Å²) in [6.45, 7) is 5.86. The Morgan fingerprint density at radius 2 is 2.00 bits per heavy atom. The molecule has 1 N–H and O–H groups in total. The SMILES string of the molecule is CC(C)OC(=O)NC1CC2(CCN(Cc3cc(F)ccc3F)CC2)C1. The quantitative estimate of drug-likeness (QED) is 0.895. The first-order valence-corrected chi connectivity index (χ1v) is 8.99. The van der Waals surface area contributed by atoms with Crippen LogP contribution in [0.2, 0.25) is 0 Å². The van der Waals surface area contributed by atoms with Crippen LogP contribution in [0, 0.1) is 17.0 Å². The molecule has 138 valence electrons. The fourth-order valence-electron chi connectivity index (χ4n) is 4.00. The van der Waals surface area contributed by atoms with Gasteiger partial charge in [0.05, 0.1) is 6.10 Å². The fraction of sp³-hybridized carbons (Fsp3) is 0.632. The molecule has 2 fully saturated rings. The lowest BCUT2D eigenvalue weighted by atomic mass is 9.60. The number of nitrogens with one attached hydrogen (secondary N) is 1. The van der Waals surface area contributed by atoms with E-state index >= 15 is 0 Å². The van der Waals surface area contributed by atoms with E-state index in [4.69, 9.17) is 4.74 Å². The van der Waals surface area contributed by atoms with Crippen LogP contribution in [0.4, 0.5) is 13.6 Å². The van der Waals surface area contributed by atoms with Crippen LogP contribution in [0.1, 0.15) is 45.1 Å². The van der Waals surface area contributed by atoms with Crippen LogP contribution in [0.25, 0.3) is 0 Å². The number of carbonyl (C=O) groups is 1. The molecule has 4 nitrogen and oxygen atoms in total. The predicted molar refractivity (Wildman–Crippen MR) is 91.1 cm³/mol. The highest BCUT2D eigenvalue weighted by Crippen LogP contribution is 2.49. The fourth-order valence-corrected chi connectivity index (χ4v) is 4.00. The molecule has 1 aromatic rings. The summed E-state index contributed by atoms with van der Waals surface area (Å²) >= 11 is 0. The summed E-state index contributed by atoms with van der Waals surface area (Å²) < 4.78 is 32.2. The molecule has 6 heteroatoms. The molecular formula is C19H26F2N2O2. The van der Waals surface area contributed by atoms with Crippen molar-refractivity contribution in [2.24, 2.45) is 5.41 Å². The second-order valence-electron chi connectivity index (χ2n) is 7.72. The van der Waals surface area contributed by atoms with Gasteiger partial charge in [-0.25, -0.2) is 13.6 Å². The summed E-state index contributed by atoms with van der Waals surface area (Å²) in [5.74, 6) is -0.746. The first-order chi connectivity index (χ1) is 11.8. The standard InChI is InChI=1S/C19H26F2N2O2/c1-13(2)25-18(24)22-16-10-19(11-16)5-7-23(8-6-19)12-14-9-15(20)3-4-17(14)21/h3-4,9,13,16H,5-8,10-12H2,1-2H3,(H,22,24). The molecule has 0 radical (unpaired) electrons. The lowest BCUT2D eigenvalue weighted by molar-refractivity contribution is 0.00163. The van der Waals surface area contributed by atoms with Crippen molar-refractivity contribution in [1.82, 2.24) is 10.2 Å². The number of alkyl carbamates (subject to hydrolysis) is 1. The highest BCUT2D eigenvalue weighted by atomic mass is 19.1. The van der Waals surface area contributed by atoms with Gasteiger partial charge in [0.25, 0.3) is 0 Å². The van der Waals surface area contributed by atoms with Gasteiger partial charge in [-0.2, -0.15) is 0 Å². The van der Waals surface area contributed by atoms with Crippen molar-refractivity contribution in [2.75, 3.05) is 13.1 Å². The van der Waals surface area contributed by atoms with E-state index in [0.29, 0.717) is 12.1 Å². The van der Waals surface area contributed by atoms with E-state index < -0.39 is 5.82 Å². The highest BCUT2D eigenvalue weighted by Gasteiger charge is 2.46. The van der Waals surface area contributed by atoms with Crippen molar-refractivity contribution in [3.05, 3.63) is 35.4 Å². The largest absolute Gasteiger partial charge is 0.447 e. The van der Waals surface area contributed by atoms with Gasteiger partial charge in [-0.05, 0) is 76.2 Å². The Labute approximate surface area is 147 Å². The molecular weight excluding hydrogens is 326 g/mol. The second kappa shape index (κ2) is 7.28. The monoisotopic (exact) mass is 352 g/mol. The summed E-state index contributed by atoms with van der Waals surface area (Å²) in [5.41, 5.74) is 0.702. The van der Waals surface area contributed by atoms with Crippen LogP contribution in [-0.4, -0.2) is 36.2 Å². The van der Waals surface area contributed by atoms with E-state index in [2.05, 4.69) is 10.2 Å². The molecule has 1 amide bonds. The van der Waals surface area contributed by atoms with Gasteiger partial charge < -0.3 is 10.1 Å². The molecule has 1 heterocycles. The lowest BCUT2D eigenvalue weighted by Crippen LogP contribution is -2.55. The third-order valence-electron chi connectivity index (χ3n) is 5.34. The number of ether oxygens (including phenoxy) is 1. The molecule has 3 rings (SSSR count). The van der Waals surface area contributed by atoms with E-state index in [0.717, 1.165) is 44.8 Å². The number of halogens is 2. The van der Waals surface area contributed by atoms with E-state index in [-0.39, 0.29) is 29.5 Å². The number of carbonyl (C=O) groups excluding carboxylic acids is 1. The number of hydrogen-bond acceptors (Lipinski definition) is 3. The van der Waals surface area contributed by atoms with Crippen LogP contribution < -0.4 is 5.32 Å².